The Morgan fingerprint density at radius 3 is 2.97 bits per heavy atom. The fourth-order valence-electron chi connectivity index (χ4n) is 4.22. The number of hydrogen-bond acceptors (Lipinski definition) is 5. The van der Waals surface area contributed by atoms with Gasteiger partial charge < -0.3 is 19.3 Å². The van der Waals surface area contributed by atoms with Gasteiger partial charge in [-0.25, -0.2) is 9.37 Å². The lowest BCUT2D eigenvalue weighted by Crippen LogP contribution is -2.41. The molecule has 0 spiro atoms. The first-order valence-corrected chi connectivity index (χ1v) is 11.0. The second-order valence-electron chi connectivity index (χ2n) is 8.58. The first-order valence-electron chi connectivity index (χ1n) is 11.0. The van der Waals surface area contributed by atoms with Crippen LogP contribution in [0, 0.1) is 18.7 Å². The lowest BCUT2D eigenvalue weighted by molar-refractivity contribution is -0.136. The van der Waals surface area contributed by atoms with Gasteiger partial charge in [0.2, 0.25) is 11.8 Å². The third-order valence-corrected chi connectivity index (χ3v) is 5.91. The zero-order chi connectivity index (χ0) is 22.7. The Kier molecular flexibility index (Phi) is 6.53. The van der Waals surface area contributed by atoms with E-state index in [2.05, 4.69) is 15.1 Å². The minimum Gasteiger partial charge on any atom is -0.361 e. The standard InChI is InChI=1S/C23H28FN5O3/c1-15-10-18(27-32-15)14-28(2)23(31)11-16-4-3-9-29(13-16)22(30)8-7-21-25-19-6-5-17(24)12-20(19)26-21/h5-6,10,12,16H,3-4,7-9,11,13-14H2,1-2H3,(H,25,26). The third kappa shape index (κ3) is 5.33. The van der Waals surface area contributed by atoms with Gasteiger partial charge in [-0.15, -0.1) is 0 Å². The van der Waals surface area contributed by atoms with Crippen molar-refractivity contribution in [1.29, 1.82) is 0 Å². The van der Waals surface area contributed by atoms with E-state index in [1.165, 1.54) is 12.1 Å². The van der Waals surface area contributed by atoms with E-state index in [4.69, 9.17) is 4.52 Å². The smallest absolute Gasteiger partial charge is 0.223 e. The van der Waals surface area contributed by atoms with Crippen molar-refractivity contribution in [3.63, 3.8) is 0 Å². The molecule has 0 radical (unpaired) electrons. The Morgan fingerprint density at radius 1 is 1.34 bits per heavy atom. The number of likely N-dealkylation sites (tertiary alicyclic amines) is 1. The van der Waals surface area contributed by atoms with E-state index >= 15 is 0 Å². The highest BCUT2D eigenvalue weighted by atomic mass is 19.1. The van der Waals surface area contributed by atoms with Crippen molar-refractivity contribution in [1.82, 2.24) is 24.9 Å². The number of rotatable bonds is 7. The maximum absolute atomic E-state index is 13.3. The van der Waals surface area contributed by atoms with Crippen LogP contribution in [0.2, 0.25) is 0 Å². The number of nitrogens with one attached hydrogen (secondary N) is 1. The first kappa shape index (κ1) is 22.0. The zero-order valence-corrected chi connectivity index (χ0v) is 18.4. The zero-order valence-electron chi connectivity index (χ0n) is 18.4. The molecule has 1 unspecified atom stereocenters. The van der Waals surface area contributed by atoms with E-state index in [1.54, 1.807) is 18.0 Å². The molecule has 0 aliphatic carbocycles. The van der Waals surface area contributed by atoms with Gasteiger partial charge in [0.25, 0.3) is 0 Å². The number of imidazole rings is 1. The van der Waals surface area contributed by atoms with E-state index in [1.807, 2.05) is 17.9 Å². The Labute approximate surface area is 185 Å². The quantitative estimate of drug-likeness (QED) is 0.607. The van der Waals surface area contributed by atoms with Crippen LogP contribution in [0.3, 0.4) is 0 Å². The van der Waals surface area contributed by atoms with E-state index in [9.17, 15) is 14.0 Å². The maximum Gasteiger partial charge on any atom is 0.223 e. The molecule has 1 fully saturated rings. The number of hydrogen-bond donors (Lipinski definition) is 1. The van der Waals surface area contributed by atoms with Gasteiger partial charge in [-0.05, 0) is 43.9 Å². The van der Waals surface area contributed by atoms with Crippen molar-refractivity contribution in [2.75, 3.05) is 20.1 Å². The van der Waals surface area contributed by atoms with Crippen LogP contribution in [0.4, 0.5) is 4.39 Å². The number of carbonyl (C=O) groups excluding carboxylic acids is 2. The lowest BCUT2D eigenvalue weighted by Gasteiger charge is -2.33. The number of carbonyl (C=O) groups is 2. The molecule has 1 aliphatic rings. The molecule has 9 heteroatoms. The Hall–Kier alpha value is -3.23. The van der Waals surface area contributed by atoms with Crippen LogP contribution in [0.1, 0.15) is 43.0 Å². The first-order chi connectivity index (χ1) is 15.4. The van der Waals surface area contributed by atoms with Crippen molar-refractivity contribution in [3.8, 4) is 0 Å². The van der Waals surface area contributed by atoms with Gasteiger partial charge in [-0.3, -0.25) is 9.59 Å². The molecule has 3 heterocycles. The van der Waals surface area contributed by atoms with Gasteiger partial charge in [0.1, 0.15) is 23.1 Å². The Balaban J connectivity index is 1.26. The van der Waals surface area contributed by atoms with E-state index in [-0.39, 0.29) is 23.5 Å². The molecule has 170 valence electrons. The van der Waals surface area contributed by atoms with Gasteiger partial charge in [-0.2, -0.15) is 0 Å². The molecule has 8 nitrogen and oxygen atoms in total. The van der Waals surface area contributed by atoms with Crippen molar-refractivity contribution in [2.24, 2.45) is 5.92 Å². The molecule has 1 N–H and O–H groups in total. The van der Waals surface area contributed by atoms with Gasteiger partial charge in [0.15, 0.2) is 0 Å². The van der Waals surface area contributed by atoms with E-state index in [0.29, 0.717) is 55.8 Å². The minimum absolute atomic E-state index is 0.0412. The molecule has 32 heavy (non-hydrogen) atoms. The molecule has 2 aromatic heterocycles. The number of benzene rings is 1. The number of aromatic nitrogens is 3. The third-order valence-electron chi connectivity index (χ3n) is 5.91. The number of nitrogens with zero attached hydrogens (tertiary/aromatic N) is 4. The van der Waals surface area contributed by atoms with E-state index in [0.717, 1.165) is 24.3 Å². The highest BCUT2D eigenvalue weighted by Crippen LogP contribution is 2.22. The number of fused-ring (bicyclic) bond motifs is 1. The SMILES string of the molecule is Cc1cc(CN(C)C(=O)CC2CCCN(C(=O)CCc3nc4ccc(F)cc4[nH]3)C2)no1. The van der Waals surface area contributed by atoms with Crippen LogP contribution in [0.5, 0.6) is 0 Å². The molecule has 0 bridgehead atoms. The summed E-state index contributed by atoms with van der Waals surface area (Å²) >= 11 is 0. The van der Waals surface area contributed by atoms with Crippen LogP contribution in [0.25, 0.3) is 11.0 Å². The Morgan fingerprint density at radius 2 is 2.19 bits per heavy atom. The summed E-state index contributed by atoms with van der Waals surface area (Å²) in [4.78, 5) is 36.4. The molecule has 2 amide bonds. The van der Waals surface area contributed by atoms with E-state index < -0.39 is 0 Å². The summed E-state index contributed by atoms with van der Waals surface area (Å²) in [5, 5.41) is 3.94. The summed E-state index contributed by atoms with van der Waals surface area (Å²) in [7, 11) is 1.76. The lowest BCUT2D eigenvalue weighted by atomic mass is 9.94. The minimum atomic E-state index is -0.320. The van der Waals surface area contributed by atoms with Crippen LogP contribution in [0.15, 0.2) is 28.8 Å². The van der Waals surface area contributed by atoms with Crippen molar-refractivity contribution < 1.29 is 18.5 Å². The van der Waals surface area contributed by atoms with Crippen LogP contribution < -0.4 is 0 Å². The molecular weight excluding hydrogens is 413 g/mol. The number of aromatic amines is 1. The normalized spacial score (nSPS) is 16.5. The van der Waals surface area contributed by atoms with Crippen LogP contribution in [-0.2, 0) is 22.6 Å². The molecule has 4 rings (SSSR count). The van der Waals surface area contributed by atoms with Crippen LogP contribution >= 0.6 is 0 Å². The number of piperidine rings is 1. The highest BCUT2D eigenvalue weighted by molar-refractivity contribution is 5.78. The fourth-order valence-corrected chi connectivity index (χ4v) is 4.22. The number of H-pyrrole nitrogens is 1. The molecule has 3 aromatic rings. The number of amides is 2. The second-order valence-corrected chi connectivity index (χ2v) is 8.58. The molecule has 1 aliphatic heterocycles. The average Bonchev–Trinajstić information content (AvgIpc) is 3.37. The Bertz CT molecular complexity index is 1110. The summed E-state index contributed by atoms with van der Waals surface area (Å²) in [6.45, 7) is 3.53. The summed E-state index contributed by atoms with van der Waals surface area (Å²) in [6, 6.07) is 6.22. The summed E-state index contributed by atoms with van der Waals surface area (Å²) in [6.07, 6.45) is 3.02. The second kappa shape index (κ2) is 9.50. The molecule has 1 aromatic carbocycles. The number of halogens is 1. The van der Waals surface area contributed by atoms with Crippen molar-refractivity contribution in [2.45, 2.75) is 45.6 Å². The monoisotopic (exact) mass is 441 g/mol. The molecular formula is C23H28FN5O3. The largest absolute Gasteiger partial charge is 0.361 e. The molecule has 1 saturated heterocycles. The maximum atomic E-state index is 13.3. The van der Waals surface area contributed by atoms with Crippen molar-refractivity contribution >= 4 is 22.8 Å². The highest BCUT2D eigenvalue weighted by Gasteiger charge is 2.26. The topological polar surface area (TPSA) is 95.3 Å². The van der Waals surface area contributed by atoms with Crippen LogP contribution in [-0.4, -0.2) is 56.9 Å². The van der Waals surface area contributed by atoms with Gasteiger partial charge in [0.05, 0.1) is 17.6 Å². The number of aryl methyl sites for hydroxylation is 2. The van der Waals surface area contributed by atoms with Gasteiger partial charge in [-0.1, -0.05) is 5.16 Å². The summed E-state index contributed by atoms with van der Waals surface area (Å²) in [5.41, 5.74) is 2.05. The predicted octanol–water partition coefficient (Wildman–Crippen LogP) is 3.22. The van der Waals surface area contributed by atoms with Gasteiger partial charge >= 0.3 is 0 Å². The summed E-state index contributed by atoms with van der Waals surface area (Å²) < 4.78 is 18.4. The molecule has 1 atom stereocenters. The van der Waals surface area contributed by atoms with Gasteiger partial charge in [0, 0.05) is 45.5 Å². The predicted molar refractivity (Wildman–Crippen MR) is 116 cm³/mol. The average molecular weight is 442 g/mol. The van der Waals surface area contributed by atoms with Crippen molar-refractivity contribution in [3.05, 3.63) is 47.4 Å². The fraction of sp³-hybridized carbons (Fsp3) is 0.478. The molecule has 0 saturated carbocycles. The summed E-state index contributed by atoms with van der Waals surface area (Å²) in [5.74, 6) is 1.32.